The standard InChI is InChI=1S/C14H15FN6O2/c15-10-1-2-12(16-7-10)20-3-5-21(6-4-20)14(23)19-13-17-8-11(22)9-18-13/h1-2,7-9,22H,3-6H2,(H,17,18,19,23). The molecule has 2 N–H and O–H groups in total. The number of amides is 2. The number of anilines is 2. The molecule has 2 aromatic rings. The predicted octanol–water partition coefficient (Wildman–Crippen LogP) is 1.07. The monoisotopic (exact) mass is 318 g/mol. The van der Waals surface area contributed by atoms with E-state index in [2.05, 4.69) is 20.3 Å². The van der Waals surface area contributed by atoms with Crippen LogP contribution in [0.1, 0.15) is 0 Å². The summed E-state index contributed by atoms with van der Waals surface area (Å²) in [5.41, 5.74) is 0. The van der Waals surface area contributed by atoms with Crippen LogP contribution in [0.25, 0.3) is 0 Å². The number of halogens is 1. The lowest BCUT2D eigenvalue weighted by molar-refractivity contribution is 0.208. The first-order chi connectivity index (χ1) is 11.1. The number of hydrogen-bond acceptors (Lipinski definition) is 6. The van der Waals surface area contributed by atoms with E-state index in [0.717, 1.165) is 0 Å². The summed E-state index contributed by atoms with van der Waals surface area (Å²) in [6.45, 7) is 2.21. The van der Waals surface area contributed by atoms with Crippen LogP contribution in [0.2, 0.25) is 0 Å². The zero-order valence-electron chi connectivity index (χ0n) is 12.2. The fourth-order valence-electron chi connectivity index (χ4n) is 2.25. The first-order valence-corrected chi connectivity index (χ1v) is 7.05. The molecule has 0 unspecified atom stereocenters. The average Bonchev–Trinajstić information content (AvgIpc) is 2.58. The molecule has 3 rings (SSSR count). The Morgan fingerprint density at radius 1 is 1.09 bits per heavy atom. The van der Waals surface area contributed by atoms with Crippen molar-refractivity contribution in [3.8, 4) is 5.75 Å². The number of nitrogens with one attached hydrogen (secondary N) is 1. The maximum Gasteiger partial charge on any atom is 0.324 e. The number of carbonyl (C=O) groups excluding carboxylic acids is 1. The number of pyridine rings is 1. The normalized spacial score (nSPS) is 14.7. The lowest BCUT2D eigenvalue weighted by Gasteiger charge is -2.35. The highest BCUT2D eigenvalue weighted by molar-refractivity contribution is 5.87. The average molecular weight is 318 g/mol. The van der Waals surface area contributed by atoms with E-state index in [0.29, 0.717) is 32.0 Å². The number of hydrogen-bond donors (Lipinski definition) is 2. The van der Waals surface area contributed by atoms with Crippen molar-refractivity contribution in [2.45, 2.75) is 0 Å². The third kappa shape index (κ3) is 3.62. The molecule has 1 aliphatic heterocycles. The number of rotatable bonds is 2. The van der Waals surface area contributed by atoms with E-state index in [1.165, 1.54) is 24.7 Å². The number of piperazine rings is 1. The van der Waals surface area contributed by atoms with E-state index in [4.69, 9.17) is 5.11 Å². The van der Waals surface area contributed by atoms with Crippen molar-refractivity contribution in [3.63, 3.8) is 0 Å². The van der Waals surface area contributed by atoms with E-state index in [9.17, 15) is 9.18 Å². The topological polar surface area (TPSA) is 94.5 Å². The van der Waals surface area contributed by atoms with Gasteiger partial charge < -0.3 is 14.9 Å². The fourth-order valence-corrected chi connectivity index (χ4v) is 2.25. The summed E-state index contributed by atoms with van der Waals surface area (Å²) < 4.78 is 12.9. The minimum Gasteiger partial charge on any atom is -0.505 e. The Bertz CT molecular complexity index is 671. The number of carbonyl (C=O) groups is 1. The SMILES string of the molecule is O=C(Nc1ncc(O)cn1)N1CCN(c2ccc(F)cn2)CC1. The highest BCUT2D eigenvalue weighted by Gasteiger charge is 2.22. The Labute approximate surface area is 131 Å². The molecule has 3 heterocycles. The highest BCUT2D eigenvalue weighted by atomic mass is 19.1. The van der Waals surface area contributed by atoms with Crippen LogP contribution in [0.5, 0.6) is 5.75 Å². The molecule has 1 saturated heterocycles. The molecule has 120 valence electrons. The zero-order valence-corrected chi connectivity index (χ0v) is 12.2. The van der Waals surface area contributed by atoms with Crippen LogP contribution >= 0.6 is 0 Å². The smallest absolute Gasteiger partial charge is 0.324 e. The van der Waals surface area contributed by atoms with E-state index in [1.54, 1.807) is 11.0 Å². The second kappa shape index (κ2) is 6.42. The van der Waals surface area contributed by atoms with Gasteiger partial charge in [0.05, 0.1) is 18.6 Å². The second-order valence-electron chi connectivity index (χ2n) is 5.00. The predicted molar refractivity (Wildman–Crippen MR) is 80.7 cm³/mol. The number of aromatic nitrogens is 3. The number of nitrogens with zero attached hydrogens (tertiary/aromatic N) is 5. The summed E-state index contributed by atoms with van der Waals surface area (Å²) >= 11 is 0. The first kappa shape index (κ1) is 14.9. The molecule has 0 spiro atoms. The van der Waals surface area contributed by atoms with Crippen LogP contribution in [-0.2, 0) is 0 Å². The third-order valence-electron chi connectivity index (χ3n) is 3.46. The van der Waals surface area contributed by atoms with Crippen molar-refractivity contribution in [3.05, 3.63) is 36.5 Å². The summed E-state index contributed by atoms with van der Waals surface area (Å²) in [7, 11) is 0. The minimum absolute atomic E-state index is 0.0663. The molecular formula is C14H15FN6O2. The molecule has 2 amide bonds. The largest absolute Gasteiger partial charge is 0.505 e. The summed E-state index contributed by atoms with van der Waals surface area (Å²) in [4.78, 5) is 27.4. The molecule has 2 aromatic heterocycles. The van der Waals surface area contributed by atoms with Crippen molar-refractivity contribution in [1.29, 1.82) is 0 Å². The molecule has 0 aliphatic carbocycles. The van der Waals surface area contributed by atoms with Gasteiger partial charge in [-0.2, -0.15) is 0 Å². The van der Waals surface area contributed by atoms with Gasteiger partial charge in [-0.3, -0.25) is 5.32 Å². The second-order valence-corrected chi connectivity index (χ2v) is 5.00. The quantitative estimate of drug-likeness (QED) is 0.860. The maximum absolute atomic E-state index is 12.9. The van der Waals surface area contributed by atoms with Crippen LogP contribution in [-0.4, -0.2) is 57.2 Å². The lowest BCUT2D eigenvalue weighted by Crippen LogP contribution is -2.50. The summed E-state index contributed by atoms with van der Waals surface area (Å²) in [5.74, 6) is 0.382. The third-order valence-corrected chi connectivity index (χ3v) is 3.46. The molecule has 8 nitrogen and oxygen atoms in total. The van der Waals surface area contributed by atoms with Gasteiger partial charge >= 0.3 is 6.03 Å². The lowest BCUT2D eigenvalue weighted by atomic mass is 10.3. The maximum atomic E-state index is 12.9. The molecule has 0 radical (unpaired) electrons. The minimum atomic E-state index is -0.374. The Balaban J connectivity index is 1.54. The van der Waals surface area contributed by atoms with Crippen LogP contribution in [0.3, 0.4) is 0 Å². The van der Waals surface area contributed by atoms with Crippen LogP contribution in [0.4, 0.5) is 21.0 Å². The molecular weight excluding hydrogens is 303 g/mol. The Morgan fingerprint density at radius 3 is 2.39 bits per heavy atom. The molecule has 1 aliphatic rings. The first-order valence-electron chi connectivity index (χ1n) is 7.05. The van der Waals surface area contributed by atoms with Gasteiger partial charge in [-0.1, -0.05) is 0 Å². The molecule has 0 atom stereocenters. The van der Waals surface area contributed by atoms with Crippen molar-refractivity contribution in [2.75, 3.05) is 36.4 Å². The summed E-state index contributed by atoms with van der Waals surface area (Å²) in [6, 6.07) is 2.68. The van der Waals surface area contributed by atoms with Crippen molar-refractivity contribution < 1.29 is 14.3 Å². The Morgan fingerprint density at radius 2 is 1.78 bits per heavy atom. The van der Waals surface area contributed by atoms with Gasteiger partial charge in [0, 0.05) is 26.2 Å². The molecule has 0 aromatic carbocycles. The molecule has 1 fully saturated rings. The number of aromatic hydroxyl groups is 1. The fraction of sp³-hybridized carbons (Fsp3) is 0.286. The van der Waals surface area contributed by atoms with Gasteiger partial charge in [0.25, 0.3) is 0 Å². The van der Waals surface area contributed by atoms with Crippen LogP contribution < -0.4 is 10.2 Å². The molecule has 9 heteroatoms. The van der Waals surface area contributed by atoms with Gasteiger partial charge in [-0.15, -0.1) is 0 Å². The zero-order chi connectivity index (χ0) is 16.2. The van der Waals surface area contributed by atoms with Gasteiger partial charge in [0.1, 0.15) is 11.6 Å². The van der Waals surface area contributed by atoms with E-state index < -0.39 is 0 Å². The van der Waals surface area contributed by atoms with Crippen molar-refractivity contribution in [1.82, 2.24) is 19.9 Å². The van der Waals surface area contributed by atoms with Gasteiger partial charge in [-0.25, -0.2) is 24.1 Å². The van der Waals surface area contributed by atoms with Crippen LogP contribution in [0, 0.1) is 5.82 Å². The Hall–Kier alpha value is -2.97. The van der Waals surface area contributed by atoms with Gasteiger partial charge in [0.2, 0.25) is 5.95 Å². The summed E-state index contributed by atoms with van der Waals surface area (Å²) in [5, 5.41) is 11.7. The van der Waals surface area contributed by atoms with E-state index in [-0.39, 0.29) is 23.5 Å². The van der Waals surface area contributed by atoms with Crippen molar-refractivity contribution in [2.24, 2.45) is 0 Å². The molecule has 23 heavy (non-hydrogen) atoms. The van der Waals surface area contributed by atoms with Crippen molar-refractivity contribution >= 4 is 17.8 Å². The molecule has 0 saturated carbocycles. The Kier molecular flexibility index (Phi) is 4.18. The van der Waals surface area contributed by atoms with E-state index >= 15 is 0 Å². The van der Waals surface area contributed by atoms with Gasteiger partial charge in [0.15, 0.2) is 5.75 Å². The highest BCUT2D eigenvalue weighted by Crippen LogP contribution is 2.14. The van der Waals surface area contributed by atoms with Gasteiger partial charge in [-0.05, 0) is 12.1 Å². The summed E-state index contributed by atoms with van der Waals surface area (Å²) in [6.07, 6.45) is 3.60. The van der Waals surface area contributed by atoms with E-state index in [1.807, 2.05) is 4.90 Å². The number of urea groups is 1. The molecule has 0 bridgehead atoms. The van der Waals surface area contributed by atoms with Crippen LogP contribution in [0.15, 0.2) is 30.7 Å².